The smallest absolute Gasteiger partial charge is 0.273 e. The maximum atomic E-state index is 11.5. The Morgan fingerprint density at radius 1 is 1.44 bits per heavy atom. The molecule has 0 unspecified atom stereocenters. The molecule has 1 aromatic rings. The predicted octanol–water partition coefficient (Wildman–Crippen LogP) is 1.40. The summed E-state index contributed by atoms with van der Waals surface area (Å²) in [6.45, 7) is 0. The van der Waals surface area contributed by atoms with E-state index >= 15 is 0 Å². The number of nitrogens with one attached hydrogen (secondary N) is 2. The number of carbonyl (C=O) groups is 1. The van der Waals surface area contributed by atoms with Gasteiger partial charge >= 0.3 is 0 Å². The van der Waals surface area contributed by atoms with Crippen LogP contribution in [0.5, 0.6) is 11.5 Å². The average molecular weight is 285 g/mol. The minimum absolute atomic E-state index is 0.0657. The molecule has 18 heavy (non-hydrogen) atoms. The molecule has 1 amide bonds. The third kappa shape index (κ3) is 2.39. The lowest BCUT2D eigenvalue weighted by atomic mass is 10.1. The van der Waals surface area contributed by atoms with Crippen molar-refractivity contribution in [2.45, 2.75) is 0 Å². The molecular weight excluding hydrogens is 276 g/mol. The van der Waals surface area contributed by atoms with E-state index in [1.165, 1.54) is 25.3 Å². The molecule has 0 bridgehead atoms. The SMILES string of the molecule is COc1cc(/C=C2\NC(=S)NC2=O)c(Cl)cc1O. The first kappa shape index (κ1) is 12.7. The fourth-order valence-corrected chi connectivity index (χ4v) is 1.89. The summed E-state index contributed by atoms with van der Waals surface area (Å²) in [4.78, 5) is 11.5. The quantitative estimate of drug-likeness (QED) is 0.566. The summed E-state index contributed by atoms with van der Waals surface area (Å²) in [7, 11) is 1.43. The number of phenolic OH excluding ortho intramolecular Hbond substituents is 1. The fourth-order valence-electron chi connectivity index (χ4n) is 1.47. The molecule has 0 radical (unpaired) electrons. The van der Waals surface area contributed by atoms with Crippen LogP contribution < -0.4 is 15.4 Å². The van der Waals surface area contributed by atoms with E-state index in [0.29, 0.717) is 10.6 Å². The highest BCUT2D eigenvalue weighted by Gasteiger charge is 2.20. The number of rotatable bonds is 2. The summed E-state index contributed by atoms with van der Waals surface area (Å²) in [5.74, 6) is -0.126. The van der Waals surface area contributed by atoms with Crippen LogP contribution in [0.3, 0.4) is 0 Å². The van der Waals surface area contributed by atoms with Crippen molar-refractivity contribution in [3.8, 4) is 11.5 Å². The predicted molar refractivity (Wildman–Crippen MR) is 71.5 cm³/mol. The van der Waals surface area contributed by atoms with Gasteiger partial charge < -0.3 is 15.2 Å². The number of methoxy groups -OCH3 is 1. The van der Waals surface area contributed by atoms with E-state index in [1.54, 1.807) is 0 Å². The number of aromatic hydroxyl groups is 1. The molecule has 1 aromatic carbocycles. The van der Waals surface area contributed by atoms with Gasteiger partial charge in [0, 0.05) is 6.07 Å². The summed E-state index contributed by atoms with van der Waals surface area (Å²) in [6.07, 6.45) is 1.53. The number of carbonyl (C=O) groups excluding carboxylic acids is 1. The van der Waals surface area contributed by atoms with E-state index < -0.39 is 0 Å². The zero-order valence-corrected chi connectivity index (χ0v) is 10.9. The maximum Gasteiger partial charge on any atom is 0.273 e. The standard InChI is InChI=1S/C11H9ClN2O3S/c1-17-9-3-5(6(12)4-8(9)15)2-7-10(16)14-11(18)13-7/h2-4,15H,1H3,(H2,13,14,16,18)/b7-2-. The first-order valence-electron chi connectivity index (χ1n) is 4.92. The molecule has 1 heterocycles. The van der Waals surface area contributed by atoms with E-state index in [-0.39, 0.29) is 28.2 Å². The lowest BCUT2D eigenvalue weighted by Gasteiger charge is -2.06. The molecule has 0 aromatic heterocycles. The molecule has 5 nitrogen and oxygen atoms in total. The van der Waals surface area contributed by atoms with Crippen molar-refractivity contribution in [2.75, 3.05) is 7.11 Å². The molecule has 1 fully saturated rings. The van der Waals surface area contributed by atoms with Gasteiger partial charge in [0.15, 0.2) is 16.6 Å². The van der Waals surface area contributed by atoms with Crippen molar-refractivity contribution >= 4 is 40.9 Å². The summed E-state index contributed by atoms with van der Waals surface area (Å²) >= 11 is 10.8. The van der Waals surface area contributed by atoms with E-state index in [0.717, 1.165) is 0 Å². The molecule has 0 spiro atoms. The van der Waals surface area contributed by atoms with E-state index in [2.05, 4.69) is 10.6 Å². The Balaban J connectivity index is 2.43. The second kappa shape index (κ2) is 4.83. The molecule has 3 N–H and O–H groups in total. The van der Waals surface area contributed by atoms with Gasteiger partial charge in [0.2, 0.25) is 0 Å². The minimum atomic E-state index is -0.330. The van der Waals surface area contributed by atoms with Crippen LogP contribution in [0.1, 0.15) is 5.56 Å². The van der Waals surface area contributed by atoms with Crippen molar-refractivity contribution in [3.63, 3.8) is 0 Å². The highest BCUT2D eigenvalue weighted by Crippen LogP contribution is 2.33. The Bertz CT molecular complexity index is 572. The van der Waals surface area contributed by atoms with E-state index in [1.807, 2.05) is 0 Å². The summed E-state index contributed by atoms with van der Waals surface area (Å²) < 4.78 is 4.97. The molecule has 1 aliphatic heterocycles. The zero-order valence-electron chi connectivity index (χ0n) is 9.28. The molecule has 1 saturated heterocycles. The normalized spacial score (nSPS) is 16.7. The van der Waals surface area contributed by atoms with Crippen molar-refractivity contribution in [2.24, 2.45) is 0 Å². The molecule has 0 aliphatic carbocycles. The number of ether oxygens (including phenoxy) is 1. The maximum absolute atomic E-state index is 11.5. The molecule has 2 rings (SSSR count). The number of hydrogen-bond donors (Lipinski definition) is 3. The Hall–Kier alpha value is -1.79. The fraction of sp³-hybridized carbons (Fsp3) is 0.0909. The van der Waals surface area contributed by atoms with Crippen LogP contribution in [0.2, 0.25) is 5.02 Å². The third-order valence-corrected chi connectivity index (χ3v) is 2.85. The first-order chi connectivity index (χ1) is 8.51. The average Bonchev–Trinajstić information content (AvgIpc) is 2.61. The van der Waals surface area contributed by atoms with Crippen LogP contribution in [0.25, 0.3) is 6.08 Å². The largest absolute Gasteiger partial charge is 0.504 e. The Kier molecular flexibility index (Phi) is 3.40. The van der Waals surface area contributed by atoms with Gasteiger partial charge in [-0.3, -0.25) is 10.1 Å². The Morgan fingerprint density at radius 2 is 2.17 bits per heavy atom. The number of hydrogen-bond acceptors (Lipinski definition) is 4. The number of thiocarbonyl (C=S) groups is 1. The third-order valence-electron chi connectivity index (χ3n) is 2.32. The van der Waals surface area contributed by atoms with Gasteiger partial charge in [-0.25, -0.2) is 0 Å². The lowest BCUT2D eigenvalue weighted by molar-refractivity contribution is -0.115. The lowest BCUT2D eigenvalue weighted by Crippen LogP contribution is -2.21. The Labute approximate surface area is 113 Å². The number of benzene rings is 1. The molecule has 0 saturated carbocycles. The number of amides is 1. The zero-order chi connectivity index (χ0) is 13.3. The van der Waals surface area contributed by atoms with Gasteiger partial charge in [-0.1, -0.05) is 11.6 Å². The monoisotopic (exact) mass is 284 g/mol. The molecule has 1 aliphatic rings. The summed E-state index contributed by atoms with van der Waals surface area (Å²) in [5.41, 5.74) is 0.823. The highest BCUT2D eigenvalue weighted by molar-refractivity contribution is 7.80. The van der Waals surface area contributed by atoms with Gasteiger partial charge in [-0.05, 0) is 29.9 Å². The number of phenols is 1. The van der Waals surface area contributed by atoms with Gasteiger partial charge in [0.05, 0.1) is 12.1 Å². The van der Waals surface area contributed by atoms with Crippen molar-refractivity contribution in [3.05, 3.63) is 28.4 Å². The Morgan fingerprint density at radius 3 is 2.72 bits per heavy atom. The van der Waals surface area contributed by atoms with E-state index in [9.17, 15) is 9.90 Å². The molecule has 94 valence electrons. The van der Waals surface area contributed by atoms with Crippen LogP contribution in [-0.4, -0.2) is 23.2 Å². The van der Waals surface area contributed by atoms with Gasteiger partial charge in [-0.2, -0.15) is 0 Å². The van der Waals surface area contributed by atoms with Crippen molar-refractivity contribution in [1.29, 1.82) is 0 Å². The van der Waals surface area contributed by atoms with Crippen molar-refractivity contribution < 1.29 is 14.6 Å². The first-order valence-corrected chi connectivity index (χ1v) is 5.70. The second-order valence-electron chi connectivity index (χ2n) is 3.51. The van der Waals surface area contributed by atoms with Gasteiger partial charge in [0.25, 0.3) is 5.91 Å². The minimum Gasteiger partial charge on any atom is -0.504 e. The topological polar surface area (TPSA) is 70.6 Å². The van der Waals surface area contributed by atoms with Crippen LogP contribution in [0.4, 0.5) is 0 Å². The molecular formula is C11H9ClN2O3S. The van der Waals surface area contributed by atoms with Crippen molar-refractivity contribution in [1.82, 2.24) is 10.6 Å². The molecule has 7 heteroatoms. The summed E-state index contributed by atoms with van der Waals surface area (Å²) in [6, 6.07) is 2.87. The van der Waals surface area contributed by atoms with Crippen LogP contribution >= 0.6 is 23.8 Å². The number of halogens is 1. The van der Waals surface area contributed by atoms with Crippen LogP contribution in [-0.2, 0) is 4.79 Å². The van der Waals surface area contributed by atoms with Crippen LogP contribution in [0.15, 0.2) is 17.8 Å². The van der Waals surface area contributed by atoms with Gasteiger partial charge in [-0.15, -0.1) is 0 Å². The molecule has 0 atom stereocenters. The van der Waals surface area contributed by atoms with E-state index in [4.69, 9.17) is 28.6 Å². The summed E-state index contributed by atoms with van der Waals surface area (Å²) in [5, 5.41) is 15.2. The van der Waals surface area contributed by atoms with Crippen LogP contribution in [0, 0.1) is 0 Å². The highest BCUT2D eigenvalue weighted by atomic mass is 35.5. The van der Waals surface area contributed by atoms with Gasteiger partial charge in [0.1, 0.15) is 5.70 Å². The second-order valence-corrected chi connectivity index (χ2v) is 4.33.